The Morgan fingerprint density at radius 3 is 1.82 bits per heavy atom. The number of nitrogens with two attached hydrogens (primary N) is 1. The lowest BCUT2D eigenvalue weighted by Gasteiger charge is -2.35. The number of hydrogen-bond acceptors (Lipinski definition) is 15. The molecule has 94 heavy (non-hydrogen) atoms. The summed E-state index contributed by atoms with van der Waals surface area (Å²) in [7, 11) is 0. The van der Waals surface area contributed by atoms with E-state index in [9.17, 15) is 58.2 Å². The second-order valence-corrected chi connectivity index (χ2v) is 27.1. The van der Waals surface area contributed by atoms with Crippen molar-refractivity contribution in [1.29, 1.82) is 0 Å². The Morgan fingerprint density at radius 2 is 1.21 bits per heavy atom. The first kappa shape index (κ1) is 74.9. The zero-order valence-corrected chi connectivity index (χ0v) is 56.1. The van der Waals surface area contributed by atoms with Crippen LogP contribution < -0.4 is 48.3 Å². The lowest BCUT2D eigenvalue weighted by atomic mass is 9.95. The maximum atomic E-state index is 15.4. The molecule has 0 spiro atoms. The maximum absolute atomic E-state index is 15.4. The van der Waals surface area contributed by atoms with Gasteiger partial charge in [-0.15, -0.1) is 0 Å². The number of hydrogen-bond donors (Lipinski definition) is 11. The smallest absolute Gasteiger partial charge is 0.303 e. The minimum absolute atomic E-state index is 0.0151. The Bertz CT molecular complexity index is 2960. The molecule has 12 N–H and O–H groups in total. The number of benzene rings is 1. The van der Waals surface area contributed by atoms with E-state index in [0.29, 0.717) is 25.7 Å². The predicted molar refractivity (Wildman–Crippen MR) is 344 cm³/mol. The van der Waals surface area contributed by atoms with Gasteiger partial charge in [-0.2, -0.15) is 0 Å². The van der Waals surface area contributed by atoms with Crippen molar-refractivity contribution in [3.05, 3.63) is 47.8 Å². The number of carboxylic acid groups (broad SMARTS) is 1. The summed E-state index contributed by atoms with van der Waals surface area (Å²) in [6.07, 6.45) is 0.913. The molecule has 5 aliphatic rings. The van der Waals surface area contributed by atoms with Crippen LogP contribution in [0.25, 0.3) is 0 Å². The molecule has 28 heteroatoms. The van der Waals surface area contributed by atoms with E-state index in [1.807, 2.05) is 27.7 Å². The number of rotatable bonds is 20. The summed E-state index contributed by atoms with van der Waals surface area (Å²) >= 11 is 0. The number of amides is 12. The molecule has 5 aliphatic heterocycles. The molecule has 4 fully saturated rings. The first-order valence-electron chi connectivity index (χ1n) is 33.5. The van der Waals surface area contributed by atoms with E-state index >= 15 is 14.4 Å². The molecule has 6 rings (SSSR count). The standard InChI is InChI=1S/C66H101N13O15/c1-11-38(9)53-62(90)74-52(37(7)8)65(93)78-28-18-23-49(78)64(92)77-27-17-22-48(77)60(88)72-45(30-36(5)6)58(86)73-46(33-68-54(39(10)12-2)66(94)79-34-41(80)32-50(79)61(89)69-42(56(84)75-53)24-25-51(81)82)63(91)76-26-16-21-47(76)59(87)71-44(29-35(3)4)57(85)70-43(55(67)83)31-40-19-14-13-15-20-40/h13-15,19-20,33,35-39,41-45,47-50,52-54,68,80H,11-12,16-18,21-32,34H2,1-10H3,(H2,67,83)(H,69,89)(H,70,85)(H,71,87)(H,72,88)(H,73,86)(H,74,90)(H,75,84)(H,81,82)/b46-33-/t38?,39?,41-,42+,43+,44+,45+,47+,48+,49+,50+,52+,53+,54+/m1/s1. The van der Waals surface area contributed by atoms with Crippen LogP contribution >= 0.6 is 0 Å². The summed E-state index contributed by atoms with van der Waals surface area (Å²) < 4.78 is 0. The number of nitrogens with zero attached hydrogens (tertiary/aromatic N) is 4. The van der Waals surface area contributed by atoms with Crippen LogP contribution in [-0.2, 0) is 68.7 Å². The number of aliphatic hydroxyl groups excluding tert-OH is 1. The minimum atomic E-state index is -1.60. The van der Waals surface area contributed by atoms with Crippen LogP contribution in [0.1, 0.15) is 158 Å². The van der Waals surface area contributed by atoms with Crippen molar-refractivity contribution in [3.63, 3.8) is 0 Å². The van der Waals surface area contributed by atoms with Gasteiger partial charge in [0.05, 0.1) is 6.10 Å². The number of aliphatic hydroxyl groups is 1. The second kappa shape index (κ2) is 34.3. The molecular formula is C66H101N13O15. The molecule has 14 atom stereocenters. The normalized spacial score (nSPS) is 27.5. The predicted octanol–water partition coefficient (Wildman–Crippen LogP) is 0.193. The van der Waals surface area contributed by atoms with Gasteiger partial charge in [-0.05, 0) is 92.9 Å². The average Bonchev–Trinajstić information content (AvgIpc) is 1.62. The topological polar surface area (TPSA) is 398 Å². The number of aliphatic carboxylic acids is 1. The van der Waals surface area contributed by atoms with E-state index < -0.39 is 186 Å². The summed E-state index contributed by atoms with van der Waals surface area (Å²) in [5.41, 5.74) is 6.00. The van der Waals surface area contributed by atoms with Crippen molar-refractivity contribution in [3.8, 4) is 0 Å². The van der Waals surface area contributed by atoms with Crippen molar-refractivity contribution in [2.45, 2.75) is 232 Å². The highest BCUT2D eigenvalue weighted by Crippen LogP contribution is 2.29. The van der Waals surface area contributed by atoms with Gasteiger partial charge in [-0.1, -0.05) is 112 Å². The molecule has 1 aromatic carbocycles. The first-order chi connectivity index (χ1) is 44.5. The van der Waals surface area contributed by atoms with Crippen molar-refractivity contribution < 1.29 is 72.5 Å². The van der Waals surface area contributed by atoms with Gasteiger partial charge >= 0.3 is 5.97 Å². The van der Waals surface area contributed by atoms with Gasteiger partial charge in [0.25, 0.3) is 5.91 Å². The quantitative estimate of drug-likeness (QED) is 0.0830. The number of carbonyl (C=O) groups excluding carboxylic acids is 12. The molecule has 28 nitrogen and oxygen atoms in total. The fraction of sp³-hybridized carbons (Fsp3) is 0.682. The Morgan fingerprint density at radius 1 is 0.628 bits per heavy atom. The van der Waals surface area contributed by atoms with Crippen LogP contribution in [0.2, 0.25) is 0 Å². The molecule has 2 unspecified atom stereocenters. The molecule has 1 aromatic rings. The summed E-state index contributed by atoms with van der Waals surface area (Å²) in [5.74, 6) is -12.7. The van der Waals surface area contributed by atoms with E-state index in [1.54, 1.807) is 71.9 Å². The molecule has 4 saturated heterocycles. The molecule has 0 saturated carbocycles. The molecule has 0 bridgehead atoms. The fourth-order valence-corrected chi connectivity index (χ4v) is 12.9. The lowest BCUT2D eigenvalue weighted by Crippen LogP contribution is -2.61. The molecule has 5 heterocycles. The highest BCUT2D eigenvalue weighted by atomic mass is 16.4. The third-order valence-electron chi connectivity index (χ3n) is 18.6. The zero-order chi connectivity index (χ0) is 69.4. The highest BCUT2D eigenvalue weighted by molar-refractivity contribution is 6.03. The van der Waals surface area contributed by atoms with Gasteiger partial charge < -0.3 is 78.1 Å². The number of nitrogens with one attached hydrogen (secondary N) is 8. The number of fused-ring (bicyclic) bond motifs is 3. The first-order valence-corrected chi connectivity index (χ1v) is 33.5. The van der Waals surface area contributed by atoms with E-state index in [1.165, 1.54) is 14.7 Å². The van der Waals surface area contributed by atoms with E-state index in [0.717, 1.165) is 16.7 Å². The Hall–Kier alpha value is -8.17. The van der Waals surface area contributed by atoms with Crippen LogP contribution in [0, 0.1) is 29.6 Å². The fourth-order valence-electron chi connectivity index (χ4n) is 12.9. The van der Waals surface area contributed by atoms with Gasteiger partial charge in [0.1, 0.15) is 72.2 Å². The van der Waals surface area contributed by atoms with Crippen molar-refractivity contribution in [1.82, 2.24) is 62.1 Å². The third kappa shape index (κ3) is 19.5. The van der Waals surface area contributed by atoms with Gasteiger partial charge in [0.15, 0.2) is 0 Å². The van der Waals surface area contributed by atoms with Gasteiger partial charge in [0, 0.05) is 51.6 Å². The SMILES string of the molecule is CCC(C)[C@@H]1NC(=O)[C@H](CCC(=O)O)NC(=O)[C@@H]2C[C@@H](O)CN2C(=O)[C@H](C(C)CC)N/C=C(/C(=O)N2CCC[C@H]2C(=O)N[C@@H](CC(C)C)C(=O)N[C@@H](Cc2ccccc2)C(N)=O)NC(=O)[C@H](CC(C)C)NC(=O)[C@@H]2CCCN2C(=O)[C@@H]2CCCN2C(=O)[C@H](C(C)C)NC1=O. The van der Waals surface area contributed by atoms with Crippen LogP contribution in [-0.4, -0.2) is 205 Å². The zero-order valence-electron chi connectivity index (χ0n) is 56.1. The molecule has 0 aromatic heterocycles. The summed E-state index contributed by atoms with van der Waals surface area (Å²) in [5, 5.41) is 43.2. The van der Waals surface area contributed by atoms with Gasteiger partial charge in [-0.3, -0.25) is 62.3 Å². The molecule has 0 radical (unpaired) electrons. The summed E-state index contributed by atoms with van der Waals surface area (Å²) in [6, 6.07) is -5.11. The highest BCUT2D eigenvalue weighted by Gasteiger charge is 2.48. The summed E-state index contributed by atoms with van der Waals surface area (Å²) in [6.45, 7) is 17.5. The molecule has 12 amide bonds. The Kier molecular flexibility index (Phi) is 27.3. The second-order valence-electron chi connectivity index (χ2n) is 27.1. The minimum Gasteiger partial charge on any atom is -0.481 e. The number of carbonyl (C=O) groups is 13. The third-order valence-corrected chi connectivity index (χ3v) is 18.6. The van der Waals surface area contributed by atoms with Gasteiger partial charge in [0.2, 0.25) is 65.0 Å². The largest absolute Gasteiger partial charge is 0.481 e. The Labute approximate surface area is 550 Å². The number of likely N-dealkylation sites (tertiary alicyclic amines) is 1. The van der Waals surface area contributed by atoms with Crippen molar-refractivity contribution >= 4 is 76.9 Å². The average molecular weight is 1320 g/mol. The van der Waals surface area contributed by atoms with Crippen LogP contribution in [0.5, 0.6) is 0 Å². The number of primary amides is 1. The molecular weight excluding hydrogens is 1210 g/mol. The van der Waals surface area contributed by atoms with Crippen LogP contribution in [0.3, 0.4) is 0 Å². The van der Waals surface area contributed by atoms with Gasteiger partial charge in [-0.25, -0.2) is 0 Å². The lowest BCUT2D eigenvalue weighted by molar-refractivity contribution is -0.148. The summed E-state index contributed by atoms with van der Waals surface area (Å²) in [4.78, 5) is 192. The monoisotopic (exact) mass is 1320 g/mol. The van der Waals surface area contributed by atoms with Crippen molar-refractivity contribution in [2.24, 2.45) is 35.3 Å². The van der Waals surface area contributed by atoms with E-state index in [-0.39, 0.29) is 89.4 Å². The maximum Gasteiger partial charge on any atom is 0.303 e. The van der Waals surface area contributed by atoms with E-state index in [2.05, 4.69) is 42.5 Å². The van der Waals surface area contributed by atoms with Crippen LogP contribution in [0.15, 0.2) is 42.2 Å². The molecule has 520 valence electrons. The van der Waals surface area contributed by atoms with Crippen molar-refractivity contribution in [2.75, 3.05) is 26.2 Å². The van der Waals surface area contributed by atoms with E-state index in [4.69, 9.17) is 5.73 Å². The molecule has 0 aliphatic carbocycles. The number of carboxylic acids is 1. The van der Waals surface area contributed by atoms with Crippen LogP contribution in [0.4, 0.5) is 0 Å². The Balaban J connectivity index is 1.42.